The molecule has 1 fully saturated rings. The van der Waals surface area contributed by atoms with Crippen LogP contribution < -0.4 is 5.32 Å². The third kappa shape index (κ3) is 4.34. The Balaban J connectivity index is 2.91. The van der Waals surface area contributed by atoms with E-state index in [1.165, 1.54) is 9.80 Å². The summed E-state index contributed by atoms with van der Waals surface area (Å²) in [5.74, 6) is -1.59. The summed E-state index contributed by atoms with van der Waals surface area (Å²) in [4.78, 5) is 38.0. The zero-order valence-electron chi connectivity index (χ0n) is 12.2. The zero-order chi connectivity index (χ0) is 16.0. The fraction of sp³-hybridized carbons (Fsp3) is 0.692. The van der Waals surface area contributed by atoms with Gasteiger partial charge in [-0.25, -0.2) is 4.79 Å². The maximum atomic E-state index is 12.6. The van der Waals surface area contributed by atoms with Gasteiger partial charge < -0.3 is 20.2 Å². The van der Waals surface area contributed by atoms with E-state index in [-0.39, 0.29) is 25.6 Å². The van der Waals surface area contributed by atoms with Crippen LogP contribution in [-0.2, 0) is 9.59 Å². The molecule has 1 heterocycles. The molecule has 2 N–H and O–H groups in total. The number of hydrogen-bond donors (Lipinski definition) is 2. The highest BCUT2D eigenvalue weighted by Gasteiger charge is 2.37. The predicted octanol–water partition coefficient (Wildman–Crippen LogP) is 0.00558. The topological polar surface area (TPSA) is 114 Å². The van der Waals surface area contributed by atoms with Gasteiger partial charge in [-0.3, -0.25) is 9.59 Å². The summed E-state index contributed by atoms with van der Waals surface area (Å²) in [6, 6.07) is 0.431. The Bertz CT molecular complexity index is 458. The van der Waals surface area contributed by atoms with Crippen molar-refractivity contribution in [2.75, 3.05) is 19.6 Å². The van der Waals surface area contributed by atoms with Crippen LogP contribution in [0.25, 0.3) is 0 Å². The van der Waals surface area contributed by atoms with Crippen molar-refractivity contribution in [3.63, 3.8) is 0 Å². The minimum atomic E-state index is -1.14. The van der Waals surface area contributed by atoms with E-state index in [0.717, 1.165) is 0 Å². The summed E-state index contributed by atoms with van der Waals surface area (Å²) in [6.07, 6.45) is -0.241. The van der Waals surface area contributed by atoms with Crippen molar-refractivity contribution in [1.82, 2.24) is 15.1 Å². The molecule has 1 unspecified atom stereocenters. The van der Waals surface area contributed by atoms with Crippen LogP contribution in [-0.4, -0.2) is 64.5 Å². The number of nitrogens with zero attached hydrogens (tertiary/aromatic N) is 3. The molecule has 1 aliphatic heterocycles. The fourth-order valence-corrected chi connectivity index (χ4v) is 2.22. The lowest BCUT2D eigenvalue weighted by Gasteiger charge is -2.39. The van der Waals surface area contributed by atoms with E-state index in [4.69, 9.17) is 10.4 Å². The summed E-state index contributed by atoms with van der Waals surface area (Å²) in [5, 5.41) is 20.1. The van der Waals surface area contributed by atoms with Crippen LogP contribution in [0.3, 0.4) is 0 Å². The number of rotatable bonds is 5. The molecule has 0 aromatic rings. The SMILES string of the molecule is CC(C)N(CCC#N)C(=O)N1CCNC(=O)C1CC(=O)O. The van der Waals surface area contributed by atoms with Crippen LogP contribution in [0, 0.1) is 11.3 Å². The summed E-state index contributed by atoms with van der Waals surface area (Å²) in [7, 11) is 0. The standard InChI is InChI=1S/C13H20N4O4/c1-9(2)16(6-3-4-14)13(21)17-7-5-15-12(20)10(17)8-11(18)19/h9-10H,3,5-8H2,1-2H3,(H,15,20)(H,18,19). The Morgan fingerprint density at radius 2 is 2.24 bits per heavy atom. The van der Waals surface area contributed by atoms with Crippen LogP contribution in [0.5, 0.6) is 0 Å². The van der Waals surface area contributed by atoms with Crippen molar-refractivity contribution in [3.05, 3.63) is 0 Å². The lowest BCUT2D eigenvalue weighted by molar-refractivity contribution is -0.142. The van der Waals surface area contributed by atoms with Crippen LogP contribution in [0.15, 0.2) is 0 Å². The van der Waals surface area contributed by atoms with Gasteiger partial charge in [0.25, 0.3) is 0 Å². The molecule has 0 aromatic carbocycles. The van der Waals surface area contributed by atoms with E-state index < -0.39 is 30.4 Å². The quantitative estimate of drug-likeness (QED) is 0.741. The number of carbonyl (C=O) groups excluding carboxylic acids is 2. The average molecular weight is 296 g/mol. The number of urea groups is 1. The van der Waals surface area contributed by atoms with Crippen molar-refractivity contribution in [2.45, 2.75) is 38.8 Å². The number of carboxylic acid groups (broad SMARTS) is 1. The van der Waals surface area contributed by atoms with Gasteiger partial charge in [0.2, 0.25) is 5.91 Å². The molecule has 0 bridgehead atoms. The molecule has 0 aromatic heterocycles. The summed E-state index contributed by atoms with van der Waals surface area (Å²) in [6.45, 7) is 4.44. The maximum absolute atomic E-state index is 12.6. The lowest BCUT2D eigenvalue weighted by Crippen LogP contribution is -2.61. The molecule has 1 aliphatic rings. The van der Waals surface area contributed by atoms with E-state index in [2.05, 4.69) is 5.32 Å². The minimum absolute atomic E-state index is 0.138. The van der Waals surface area contributed by atoms with Gasteiger partial charge in [0.05, 0.1) is 18.9 Å². The van der Waals surface area contributed by atoms with Crippen molar-refractivity contribution in [2.24, 2.45) is 0 Å². The molecule has 0 aliphatic carbocycles. The van der Waals surface area contributed by atoms with Gasteiger partial charge >= 0.3 is 12.0 Å². The molecule has 8 nitrogen and oxygen atoms in total. The van der Waals surface area contributed by atoms with Gasteiger partial charge in [-0.15, -0.1) is 0 Å². The molecule has 0 radical (unpaired) electrons. The van der Waals surface area contributed by atoms with Crippen LogP contribution >= 0.6 is 0 Å². The van der Waals surface area contributed by atoms with E-state index in [1.807, 2.05) is 19.9 Å². The van der Waals surface area contributed by atoms with Crippen molar-refractivity contribution < 1.29 is 19.5 Å². The second-order valence-corrected chi connectivity index (χ2v) is 5.08. The zero-order valence-corrected chi connectivity index (χ0v) is 12.2. The molecule has 116 valence electrons. The smallest absolute Gasteiger partial charge is 0.321 e. The Hall–Kier alpha value is -2.30. The first-order valence-corrected chi connectivity index (χ1v) is 6.82. The molecule has 0 saturated carbocycles. The Kier molecular flexibility index (Phi) is 5.96. The van der Waals surface area contributed by atoms with Gasteiger partial charge in [0, 0.05) is 25.7 Å². The lowest BCUT2D eigenvalue weighted by atomic mass is 10.1. The molecule has 1 saturated heterocycles. The largest absolute Gasteiger partial charge is 0.481 e. The van der Waals surface area contributed by atoms with Gasteiger partial charge in [-0.05, 0) is 13.8 Å². The minimum Gasteiger partial charge on any atom is -0.481 e. The highest BCUT2D eigenvalue weighted by atomic mass is 16.4. The first-order chi connectivity index (χ1) is 9.88. The Morgan fingerprint density at radius 1 is 1.57 bits per heavy atom. The van der Waals surface area contributed by atoms with E-state index in [9.17, 15) is 14.4 Å². The van der Waals surface area contributed by atoms with E-state index in [0.29, 0.717) is 6.54 Å². The van der Waals surface area contributed by atoms with E-state index >= 15 is 0 Å². The first kappa shape index (κ1) is 16.8. The fourth-order valence-electron chi connectivity index (χ4n) is 2.22. The average Bonchev–Trinajstić information content (AvgIpc) is 2.40. The number of carbonyl (C=O) groups is 3. The number of piperazine rings is 1. The third-order valence-electron chi connectivity index (χ3n) is 3.28. The number of nitrogens with one attached hydrogen (secondary N) is 1. The molecule has 1 atom stereocenters. The predicted molar refractivity (Wildman–Crippen MR) is 73.2 cm³/mol. The summed E-state index contributed by atoms with van der Waals surface area (Å²) in [5.41, 5.74) is 0. The van der Waals surface area contributed by atoms with Crippen LogP contribution in [0.1, 0.15) is 26.7 Å². The van der Waals surface area contributed by atoms with Gasteiger partial charge in [-0.2, -0.15) is 5.26 Å². The Labute approximate surface area is 123 Å². The highest BCUT2D eigenvalue weighted by molar-refractivity contribution is 5.91. The second-order valence-electron chi connectivity index (χ2n) is 5.08. The monoisotopic (exact) mass is 296 g/mol. The normalized spacial score (nSPS) is 18.1. The first-order valence-electron chi connectivity index (χ1n) is 6.82. The molecule has 8 heteroatoms. The van der Waals surface area contributed by atoms with Crippen LogP contribution in [0.2, 0.25) is 0 Å². The Morgan fingerprint density at radius 3 is 2.76 bits per heavy atom. The number of aliphatic carboxylic acids is 1. The summed E-state index contributed by atoms with van der Waals surface area (Å²) >= 11 is 0. The molecular weight excluding hydrogens is 276 g/mol. The van der Waals surface area contributed by atoms with Gasteiger partial charge in [0.15, 0.2) is 0 Å². The second kappa shape index (κ2) is 7.47. The molecule has 0 spiro atoms. The molecule has 21 heavy (non-hydrogen) atoms. The van der Waals surface area contributed by atoms with Crippen molar-refractivity contribution >= 4 is 17.9 Å². The number of hydrogen-bond acceptors (Lipinski definition) is 4. The molecule has 3 amide bonds. The van der Waals surface area contributed by atoms with Crippen molar-refractivity contribution in [3.8, 4) is 6.07 Å². The maximum Gasteiger partial charge on any atom is 0.321 e. The van der Waals surface area contributed by atoms with Gasteiger partial charge in [0.1, 0.15) is 6.04 Å². The number of amides is 3. The number of nitriles is 1. The molecule has 1 rings (SSSR count). The molecular formula is C13H20N4O4. The number of carboxylic acids is 1. The third-order valence-corrected chi connectivity index (χ3v) is 3.28. The highest BCUT2D eigenvalue weighted by Crippen LogP contribution is 2.14. The van der Waals surface area contributed by atoms with Gasteiger partial charge in [-0.1, -0.05) is 0 Å². The van der Waals surface area contributed by atoms with E-state index in [1.54, 1.807) is 0 Å². The van der Waals surface area contributed by atoms with Crippen molar-refractivity contribution in [1.29, 1.82) is 5.26 Å². The summed E-state index contributed by atoms with van der Waals surface area (Å²) < 4.78 is 0. The van der Waals surface area contributed by atoms with Crippen LogP contribution in [0.4, 0.5) is 4.79 Å².